The molecule has 1 aromatic carbocycles. The van der Waals surface area contributed by atoms with Gasteiger partial charge in [-0.3, -0.25) is 14.6 Å². The molecular formula is C22H24N2O4. The highest BCUT2D eigenvalue weighted by Crippen LogP contribution is 2.38. The Bertz CT molecular complexity index is 849. The molecule has 28 heavy (non-hydrogen) atoms. The van der Waals surface area contributed by atoms with Crippen LogP contribution in [0.4, 0.5) is 0 Å². The third-order valence-electron chi connectivity index (χ3n) is 4.84. The number of aliphatic hydroxyl groups is 1. The number of hydrogen-bond donors (Lipinski definition) is 1. The fourth-order valence-electron chi connectivity index (χ4n) is 3.47. The molecule has 1 N–H and O–H groups in total. The van der Waals surface area contributed by atoms with Gasteiger partial charge in [0.25, 0.3) is 5.91 Å². The minimum atomic E-state index is -0.624. The predicted molar refractivity (Wildman–Crippen MR) is 105 cm³/mol. The number of carbonyl (C=O) groups excluding carboxylic acids is 2. The van der Waals surface area contributed by atoms with Crippen molar-refractivity contribution in [3.8, 4) is 0 Å². The Balaban J connectivity index is 1.85. The number of benzene rings is 1. The number of aliphatic hydroxyl groups excluding tert-OH is 1. The maximum absolute atomic E-state index is 13.0. The molecule has 2 heterocycles. The van der Waals surface area contributed by atoms with Gasteiger partial charge in [-0.25, -0.2) is 0 Å². The number of ether oxygens (including phenoxy) is 1. The van der Waals surface area contributed by atoms with Gasteiger partial charge in [0, 0.05) is 39.1 Å². The summed E-state index contributed by atoms with van der Waals surface area (Å²) in [7, 11) is 1.60. The van der Waals surface area contributed by atoms with E-state index in [9.17, 15) is 14.7 Å². The van der Waals surface area contributed by atoms with Gasteiger partial charge in [-0.1, -0.05) is 36.4 Å². The second-order valence-corrected chi connectivity index (χ2v) is 6.70. The van der Waals surface area contributed by atoms with Gasteiger partial charge in [0.1, 0.15) is 0 Å². The zero-order valence-corrected chi connectivity index (χ0v) is 15.9. The van der Waals surface area contributed by atoms with Crippen LogP contribution in [0.3, 0.4) is 0 Å². The van der Waals surface area contributed by atoms with Crippen LogP contribution in [0.1, 0.15) is 30.0 Å². The van der Waals surface area contributed by atoms with Crippen molar-refractivity contribution < 1.29 is 19.4 Å². The normalized spacial score (nSPS) is 16.7. The van der Waals surface area contributed by atoms with Crippen LogP contribution >= 0.6 is 0 Å². The molecule has 3 rings (SSSR count). The molecule has 1 aliphatic rings. The lowest BCUT2D eigenvalue weighted by molar-refractivity contribution is -0.129. The summed E-state index contributed by atoms with van der Waals surface area (Å²) in [6.07, 6.45) is 4.64. The Morgan fingerprint density at radius 1 is 1.21 bits per heavy atom. The van der Waals surface area contributed by atoms with Crippen molar-refractivity contribution in [3.05, 3.63) is 77.3 Å². The summed E-state index contributed by atoms with van der Waals surface area (Å²) in [5.41, 5.74) is 1.90. The second-order valence-electron chi connectivity index (χ2n) is 6.70. The first kappa shape index (κ1) is 19.8. The maximum atomic E-state index is 13.0. The minimum Gasteiger partial charge on any atom is -0.503 e. The summed E-state index contributed by atoms with van der Waals surface area (Å²) in [5.74, 6) is -1.20. The second kappa shape index (κ2) is 9.28. The largest absolute Gasteiger partial charge is 0.503 e. The standard InChI is InChI=1S/C22H24N2O4/c1-28-14-6-13-24-20(17-9-5-12-23-15-17)19(21(26)22(24)27)18(25)11-10-16-7-3-2-4-8-16/h2-5,7-9,12,15,20,26H,6,10-11,13-14H2,1H3. The Morgan fingerprint density at radius 3 is 2.68 bits per heavy atom. The van der Waals surface area contributed by atoms with Gasteiger partial charge < -0.3 is 14.7 Å². The van der Waals surface area contributed by atoms with Gasteiger partial charge in [0.05, 0.1) is 11.6 Å². The Kier molecular flexibility index (Phi) is 6.55. The summed E-state index contributed by atoms with van der Waals surface area (Å²) in [6.45, 7) is 0.868. The molecule has 0 spiro atoms. The topological polar surface area (TPSA) is 79.7 Å². The van der Waals surface area contributed by atoms with Crippen LogP contribution in [0.2, 0.25) is 0 Å². The summed E-state index contributed by atoms with van der Waals surface area (Å²) < 4.78 is 5.07. The van der Waals surface area contributed by atoms with Gasteiger partial charge in [-0.15, -0.1) is 0 Å². The van der Waals surface area contributed by atoms with Crippen LogP contribution in [0, 0.1) is 0 Å². The third-order valence-corrected chi connectivity index (χ3v) is 4.84. The van der Waals surface area contributed by atoms with Crippen LogP contribution < -0.4 is 0 Å². The van der Waals surface area contributed by atoms with E-state index < -0.39 is 17.7 Å². The Labute approximate surface area is 164 Å². The zero-order valence-electron chi connectivity index (χ0n) is 15.9. The lowest BCUT2D eigenvalue weighted by atomic mass is 9.94. The molecule has 0 aliphatic carbocycles. The molecule has 6 heteroatoms. The monoisotopic (exact) mass is 380 g/mol. The predicted octanol–water partition coefficient (Wildman–Crippen LogP) is 3.02. The van der Waals surface area contributed by atoms with Crippen LogP contribution in [0.15, 0.2) is 66.2 Å². The van der Waals surface area contributed by atoms with Crippen molar-refractivity contribution in [2.45, 2.75) is 25.3 Å². The van der Waals surface area contributed by atoms with E-state index in [1.54, 1.807) is 25.6 Å². The Morgan fingerprint density at radius 2 is 2.00 bits per heavy atom. The number of hydrogen-bond acceptors (Lipinski definition) is 5. The highest BCUT2D eigenvalue weighted by atomic mass is 16.5. The molecule has 1 unspecified atom stereocenters. The van der Waals surface area contributed by atoms with E-state index >= 15 is 0 Å². The third kappa shape index (κ3) is 4.28. The Hall–Kier alpha value is -2.99. The fourth-order valence-corrected chi connectivity index (χ4v) is 3.47. The highest BCUT2D eigenvalue weighted by molar-refractivity contribution is 6.09. The smallest absolute Gasteiger partial charge is 0.290 e. The number of rotatable bonds is 9. The fraction of sp³-hybridized carbons (Fsp3) is 0.318. The van der Waals surface area contributed by atoms with Crippen molar-refractivity contribution in [1.29, 1.82) is 0 Å². The van der Waals surface area contributed by atoms with E-state index in [0.717, 1.165) is 5.56 Å². The summed E-state index contributed by atoms with van der Waals surface area (Å²) >= 11 is 0. The van der Waals surface area contributed by atoms with E-state index in [4.69, 9.17) is 4.74 Å². The van der Waals surface area contributed by atoms with E-state index in [-0.39, 0.29) is 17.8 Å². The van der Waals surface area contributed by atoms with Gasteiger partial charge in [0.2, 0.25) is 0 Å². The summed E-state index contributed by atoms with van der Waals surface area (Å²) in [4.78, 5) is 31.3. The summed E-state index contributed by atoms with van der Waals surface area (Å²) in [5, 5.41) is 10.5. The number of pyridine rings is 1. The first-order valence-corrected chi connectivity index (χ1v) is 9.33. The van der Waals surface area contributed by atoms with Crippen LogP contribution in [-0.4, -0.2) is 46.9 Å². The zero-order chi connectivity index (χ0) is 19.9. The number of Topliss-reactive ketones (excluding diaryl/α,β-unsaturated/α-hetero) is 1. The van der Waals surface area contributed by atoms with Crippen molar-refractivity contribution in [1.82, 2.24) is 9.88 Å². The van der Waals surface area contributed by atoms with Crippen molar-refractivity contribution in [2.75, 3.05) is 20.3 Å². The molecule has 1 aliphatic heterocycles. The van der Waals surface area contributed by atoms with Crippen molar-refractivity contribution >= 4 is 11.7 Å². The molecule has 0 radical (unpaired) electrons. The number of amides is 1. The number of carbonyl (C=O) groups is 2. The van der Waals surface area contributed by atoms with Gasteiger partial charge >= 0.3 is 0 Å². The van der Waals surface area contributed by atoms with Crippen LogP contribution in [-0.2, 0) is 20.7 Å². The lowest BCUT2D eigenvalue weighted by Gasteiger charge is -2.26. The van der Waals surface area contributed by atoms with E-state index in [0.29, 0.717) is 31.6 Å². The quantitative estimate of drug-likeness (QED) is 0.677. The molecule has 146 valence electrons. The molecular weight excluding hydrogens is 356 g/mol. The van der Waals surface area contributed by atoms with E-state index in [2.05, 4.69) is 4.98 Å². The molecule has 0 saturated carbocycles. The van der Waals surface area contributed by atoms with E-state index in [1.165, 1.54) is 4.90 Å². The van der Waals surface area contributed by atoms with Crippen LogP contribution in [0.25, 0.3) is 0 Å². The molecule has 1 aromatic heterocycles. The molecule has 0 saturated heterocycles. The van der Waals surface area contributed by atoms with Gasteiger partial charge in [0.15, 0.2) is 11.5 Å². The SMILES string of the molecule is COCCCN1C(=O)C(O)=C(C(=O)CCc2ccccc2)C1c1cccnc1. The molecule has 1 amide bonds. The number of ketones is 1. The number of nitrogens with zero attached hydrogens (tertiary/aromatic N) is 2. The average molecular weight is 380 g/mol. The van der Waals surface area contributed by atoms with Gasteiger partial charge in [-0.05, 0) is 30.0 Å². The average Bonchev–Trinajstić information content (AvgIpc) is 2.98. The molecule has 0 bridgehead atoms. The van der Waals surface area contributed by atoms with Crippen molar-refractivity contribution in [2.24, 2.45) is 0 Å². The first-order valence-electron chi connectivity index (χ1n) is 9.33. The molecule has 1 atom stereocenters. The molecule has 2 aromatic rings. The van der Waals surface area contributed by atoms with Crippen molar-refractivity contribution in [3.63, 3.8) is 0 Å². The van der Waals surface area contributed by atoms with Gasteiger partial charge in [-0.2, -0.15) is 0 Å². The minimum absolute atomic E-state index is 0.159. The summed E-state index contributed by atoms with van der Waals surface area (Å²) in [6, 6.07) is 12.6. The first-order chi connectivity index (χ1) is 13.6. The molecule has 6 nitrogen and oxygen atoms in total. The number of aromatic nitrogens is 1. The lowest BCUT2D eigenvalue weighted by Crippen LogP contribution is -2.32. The number of methoxy groups -OCH3 is 1. The highest BCUT2D eigenvalue weighted by Gasteiger charge is 2.42. The van der Waals surface area contributed by atoms with Crippen LogP contribution in [0.5, 0.6) is 0 Å². The maximum Gasteiger partial charge on any atom is 0.290 e. The van der Waals surface area contributed by atoms with E-state index in [1.807, 2.05) is 36.4 Å². The number of aryl methyl sites for hydroxylation is 1. The molecule has 0 fully saturated rings.